The van der Waals surface area contributed by atoms with E-state index in [1.165, 1.54) is 6.20 Å². The van der Waals surface area contributed by atoms with Gasteiger partial charge in [0.25, 0.3) is 0 Å². The van der Waals surface area contributed by atoms with E-state index in [9.17, 15) is 9.90 Å². The van der Waals surface area contributed by atoms with E-state index in [0.717, 1.165) is 16.8 Å². The molecule has 0 amide bonds. The molecule has 5 heteroatoms. The van der Waals surface area contributed by atoms with E-state index in [4.69, 9.17) is 4.74 Å². The van der Waals surface area contributed by atoms with Gasteiger partial charge in [0, 0.05) is 11.8 Å². The molecule has 2 aromatic carbocycles. The highest BCUT2D eigenvalue weighted by atomic mass is 16.5. The van der Waals surface area contributed by atoms with E-state index in [1.54, 1.807) is 4.57 Å². The molecule has 1 N–H and O–H groups in total. The van der Waals surface area contributed by atoms with Gasteiger partial charge in [-0.3, -0.25) is 4.57 Å². The van der Waals surface area contributed by atoms with Crippen molar-refractivity contribution in [2.24, 2.45) is 0 Å². The quantitative estimate of drug-likeness (QED) is 0.772. The van der Waals surface area contributed by atoms with Gasteiger partial charge in [0.2, 0.25) is 0 Å². The summed E-state index contributed by atoms with van der Waals surface area (Å²) in [6.45, 7) is 4.41. The zero-order valence-corrected chi connectivity index (χ0v) is 13.6. The Morgan fingerprint density at radius 1 is 1.17 bits per heavy atom. The molecule has 3 rings (SSSR count). The number of hydrogen-bond acceptors (Lipinski definition) is 3. The lowest BCUT2D eigenvalue weighted by molar-refractivity contribution is 0.0691. The summed E-state index contributed by atoms with van der Waals surface area (Å²) in [6.07, 6.45) is 1.53. The fourth-order valence-corrected chi connectivity index (χ4v) is 2.61. The number of carboxylic acids is 1. The summed E-state index contributed by atoms with van der Waals surface area (Å²) in [4.78, 5) is 15.7. The Hall–Kier alpha value is -3.08. The fraction of sp³-hybridized carbons (Fsp3) is 0.158. The van der Waals surface area contributed by atoms with Crippen molar-refractivity contribution < 1.29 is 14.6 Å². The second-order valence-electron chi connectivity index (χ2n) is 5.34. The summed E-state index contributed by atoms with van der Waals surface area (Å²) >= 11 is 0. The number of hydrogen-bond donors (Lipinski definition) is 1. The van der Waals surface area contributed by atoms with Crippen LogP contribution in [0.25, 0.3) is 17.1 Å². The van der Waals surface area contributed by atoms with E-state index >= 15 is 0 Å². The van der Waals surface area contributed by atoms with Gasteiger partial charge < -0.3 is 9.84 Å². The smallest absolute Gasteiger partial charge is 0.356 e. The van der Waals surface area contributed by atoms with Crippen LogP contribution >= 0.6 is 0 Å². The maximum absolute atomic E-state index is 11.4. The molecule has 0 saturated carbocycles. The molecule has 0 saturated heterocycles. The number of benzene rings is 2. The van der Waals surface area contributed by atoms with E-state index in [0.29, 0.717) is 18.2 Å². The first-order valence-corrected chi connectivity index (χ1v) is 7.72. The van der Waals surface area contributed by atoms with Gasteiger partial charge in [-0.1, -0.05) is 36.4 Å². The number of aromatic carboxylic acids is 1. The number of aryl methyl sites for hydroxylation is 1. The molecule has 0 bridgehead atoms. The van der Waals surface area contributed by atoms with Crippen molar-refractivity contribution in [3.63, 3.8) is 0 Å². The summed E-state index contributed by atoms with van der Waals surface area (Å²) in [6, 6.07) is 15.3. The average Bonchev–Trinajstić information content (AvgIpc) is 3.01. The topological polar surface area (TPSA) is 64.3 Å². The molecule has 1 aromatic heterocycles. The lowest BCUT2D eigenvalue weighted by Crippen LogP contribution is -2.02. The van der Waals surface area contributed by atoms with E-state index in [-0.39, 0.29) is 5.69 Å². The molecule has 0 radical (unpaired) electrons. The monoisotopic (exact) mass is 322 g/mol. The van der Waals surface area contributed by atoms with Crippen LogP contribution in [0, 0.1) is 6.92 Å². The number of imidazole rings is 1. The van der Waals surface area contributed by atoms with Gasteiger partial charge in [-0.2, -0.15) is 0 Å². The number of nitrogens with zero attached hydrogens (tertiary/aromatic N) is 2. The van der Waals surface area contributed by atoms with E-state index < -0.39 is 5.97 Å². The van der Waals surface area contributed by atoms with Gasteiger partial charge in [0.1, 0.15) is 11.6 Å². The van der Waals surface area contributed by atoms with Crippen molar-refractivity contribution in [1.82, 2.24) is 9.55 Å². The molecule has 0 atom stereocenters. The van der Waals surface area contributed by atoms with Crippen LogP contribution in [0.1, 0.15) is 23.0 Å². The van der Waals surface area contributed by atoms with Crippen LogP contribution in [0.4, 0.5) is 0 Å². The van der Waals surface area contributed by atoms with Crippen LogP contribution in [0.15, 0.2) is 54.7 Å². The molecule has 0 spiro atoms. The molecular weight excluding hydrogens is 304 g/mol. The largest absolute Gasteiger partial charge is 0.492 e. The summed E-state index contributed by atoms with van der Waals surface area (Å²) in [5.74, 6) is 0.208. The first-order chi connectivity index (χ1) is 11.6. The Morgan fingerprint density at radius 2 is 1.88 bits per heavy atom. The molecule has 1 heterocycles. The van der Waals surface area contributed by atoms with Crippen molar-refractivity contribution in [3.05, 3.63) is 66.0 Å². The third-order valence-electron chi connectivity index (χ3n) is 3.74. The Bertz CT molecular complexity index is 884. The van der Waals surface area contributed by atoms with Gasteiger partial charge in [0.05, 0.1) is 12.3 Å². The lowest BCUT2D eigenvalue weighted by Gasteiger charge is -2.14. The Labute approximate surface area is 140 Å². The predicted molar refractivity (Wildman–Crippen MR) is 91.9 cm³/mol. The van der Waals surface area contributed by atoms with Crippen LogP contribution in [0.2, 0.25) is 0 Å². The van der Waals surface area contributed by atoms with Gasteiger partial charge >= 0.3 is 5.97 Å². The van der Waals surface area contributed by atoms with E-state index in [2.05, 4.69) is 4.98 Å². The van der Waals surface area contributed by atoms with Gasteiger partial charge in [-0.25, -0.2) is 9.78 Å². The molecule has 3 aromatic rings. The average molecular weight is 322 g/mol. The summed E-state index contributed by atoms with van der Waals surface area (Å²) < 4.78 is 7.46. The molecule has 0 aliphatic rings. The van der Waals surface area contributed by atoms with Gasteiger partial charge in [-0.05, 0) is 31.5 Å². The van der Waals surface area contributed by atoms with Crippen LogP contribution < -0.4 is 4.74 Å². The third-order valence-corrected chi connectivity index (χ3v) is 3.74. The number of para-hydroxylation sites is 2. The minimum atomic E-state index is -1.06. The maximum atomic E-state index is 11.4. The first-order valence-electron chi connectivity index (χ1n) is 7.72. The zero-order chi connectivity index (χ0) is 17.1. The van der Waals surface area contributed by atoms with Crippen LogP contribution in [-0.4, -0.2) is 27.2 Å². The van der Waals surface area contributed by atoms with Crippen LogP contribution in [-0.2, 0) is 0 Å². The molecule has 0 fully saturated rings. The predicted octanol–water partition coefficient (Wildman–Crippen LogP) is 3.94. The van der Waals surface area contributed by atoms with Gasteiger partial charge in [0.15, 0.2) is 5.69 Å². The first kappa shape index (κ1) is 15.8. The molecule has 0 unspecified atom stereocenters. The van der Waals surface area contributed by atoms with Crippen molar-refractivity contribution in [2.75, 3.05) is 6.61 Å². The number of carboxylic acid groups (broad SMARTS) is 1. The highest BCUT2D eigenvalue weighted by Crippen LogP contribution is 2.30. The molecular formula is C19H18N2O3. The number of carbonyl (C=O) groups is 1. The summed E-state index contributed by atoms with van der Waals surface area (Å²) in [5.41, 5.74) is 2.67. The molecule has 0 aliphatic carbocycles. The van der Waals surface area contributed by atoms with E-state index in [1.807, 2.05) is 62.4 Å². The highest BCUT2D eigenvalue weighted by Gasteiger charge is 2.19. The zero-order valence-electron chi connectivity index (χ0n) is 13.6. The second-order valence-corrected chi connectivity index (χ2v) is 5.34. The minimum absolute atomic E-state index is 0.000412. The fourth-order valence-electron chi connectivity index (χ4n) is 2.61. The molecule has 122 valence electrons. The molecule has 24 heavy (non-hydrogen) atoms. The molecule has 5 nitrogen and oxygen atoms in total. The van der Waals surface area contributed by atoms with Crippen molar-refractivity contribution in [2.45, 2.75) is 13.8 Å². The number of rotatable bonds is 5. The van der Waals surface area contributed by atoms with Crippen LogP contribution in [0.5, 0.6) is 5.75 Å². The highest BCUT2D eigenvalue weighted by molar-refractivity contribution is 5.86. The third kappa shape index (κ3) is 2.88. The Kier molecular flexibility index (Phi) is 4.33. The summed E-state index contributed by atoms with van der Waals surface area (Å²) in [5, 5.41) is 9.35. The SMILES string of the molecule is CCOc1ccccc1-n1cc(C(=O)O)nc1-c1ccccc1C. The normalized spacial score (nSPS) is 10.6. The van der Waals surface area contributed by atoms with Crippen molar-refractivity contribution in [1.29, 1.82) is 0 Å². The maximum Gasteiger partial charge on any atom is 0.356 e. The lowest BCUT2D eigenvalue weighted by atomic mass is 10.1. The Morgan fingerprint density at radius 3 is 2.58 bits per heavy atom. The summed E-state index contributed by atoms with van der Waals surface area (Å²) in [7, 11) is 0. The van der Waals surface area contributed by atoms with Gasteiger partial charge in [-0.15, -0.1) is 0 Å². The van der Waals surface area contributed by atoms with Crippen molar-refractivity contribution in [3.8, 4) is 22.8 Å². The minimum Gasteiger partial charge on any atom is -0.492 e. The number of ether oxygens (including phenoxy) is 1. The molecule has 0 aliphatic heterocycles. The number of aromatic nitrogens is 2. The second kappa shape index (κ2) is 6.58. The Balaban J connectivity index is 2.25. The van der Waals surface area contributed by atoms with Crippen LogP contribution in [0.3, 0.4) is 0 Å². The van der Waals surface area contributed by atoms with Crippen molar-refractivity contribution >= 4 is 5.97 Å². The standard InChI is InChI=1S/C19H18N2O3/c1-3-24-17-11-7-6-10-16(17)21-12-15(19(22)23)20-18(21)14-9-5-4-8-13(14)2/h4-12H,3H2,1-2H3,(H,22,23).